The summed E-state index contributed by atoms with van der Waals surface area (Å²) in [6.45, 7) is 0. The predicted octanol–water partition coefficient (Wildman–Crippen LogP) is 2.58. The van der Waals surface area contributed by atoms with E-state index in [0.29, 0.717) is 10.9 Å². The molecule has 0 fully saturated rings. The van der Waals surface area contributed by atoms with Crippen molar-refractivity contribution in [2.75, 3.05) is 0 Å². The first-order chi connectivity index (χ1) is 8.77. The van der Waals surface area contributed by atoms with Crippen LogP contribution < -0.4 is 5.30 Å². The maximum atomic E-state index is 11.7. The molecule has 0 aromatic heterocycles. The fourth-order valence-corrected chi connectivity index (χ4v) is 2.03. The highest BCUT2D eigenvalue weighted by molar-refractivity contribution is 7.48. The van der Waals surface area contributed by atoms with E-state index in [1.54, 1.807) is 60.7 Å². The van der Waals surface area contributed by atoms with Gasteiger partial charge >= 0.3 is 5.97 Å². The fourth-order valence-electron chi connectivity index (χ4n) is 1.32. The maximum absolute atomic E-state index is 11.7. The van der Waals surface area contributed by atoms with Gasteiger partial charge < -0.3 is 0 Å². The predicted molar refractivity (Wildman–Crippen MR) is 68.0 cm³/mol. The van der Waals surface area contributed by atoms with Gasteiger partial charge in [0.25, 0.3) is 8.03 Å². The second-order valence-electron chi connectivity index (χ2n) is 3.47. The van der Waals surface area contributed by atoms with Crippen LogP contribution in [0.1, 0.15) is 10.4 Å². The van der Waals surface area contributed by atoms with E-state index >= 15 is 0 Å². The Morgan fingerprint density at radius 1 is 0.889 bits per heavy atom. The molecule has 0 saturated heterocycles. The molecule has 0 aliphatic rings. The van der Waals surface area contributed by atoms with Crippen molar-refractivity contribution in [2.24, 2.45) is 0 Å². The van der Waals surface area contributed by atoms with Gasteiger partial charge in [-0.05, 0) is 24.3 Å². The van der Waals surface area contributed by atoms with Crippen LogP contribution in [0.25, 0.3) is 0 Å². The van der Waals surface area contributed by atoms with Crippen LogP contribution in [-0.4, -0.2) is 5.97 Å². The van der Waals surface area contributed by atoms with Crippen LogP contribution in [0.3, 0.4) is 0 Å². The molecule has 1 atom stereocenters. The molecule has 4 nitrogen and oxygen atoms in total. The highest BCUT2D eigenvalue weighted by Gasteiger charge is 2.11. The van der Waals surface area contributed by atoms with Gasteiger partial charge in [-0.15, -0.1) is 4.67 Å². The van der Waals surface area contributed by atoms with E-state index in [1.807, 2.05) is 0 Å². The number of carbonyl (C=O) groups excluding carboxylic acids is 1. The van der Waals surface area contributed by atoms with Crippen molar-refractivity contribution in [1.82, 2.24) is 0 Å². The number of benzene rings is 2. The van der Waals surface area contributed by atoms with Gasteiger partial charge in [0.2, 0.25) is 0 Å². The summed E-state index contributed by atoms with van der Waals surface area (Å²) >= 11 is 0. The molecule has 0 radical (unpaired) electrons. The van der Waals surface area contributed by atoms with Crippen LogP contribution in [0.4, 0.5) is 0 Å². The second kappa shape index (κ2) is 6.15. The largest absolute Gasteiger partial charge is 0.373 e. The lowest BCUT2D eigenvalue weighted by molar-refractivity contribution is -0.142. The minimum atomic E-state index is -2.56. The topological polar surface area (TPSA) is 52.6 Å². The Morgan fingerprint density at radius 3 is 2.06 bits per heavy atom. The highest BCUT2D eigenvalue weighted by Crippen LogP contribution is 2.22. The quantitative estimate of drug-likeness (QED) is 0.482. The Bertz CT molecular complexity index is 488. The summed E-state index contributed by atoms with van der Waals surface area (Å²) in [4.78, 5) is 16.0. The number of hydrogen-bond acceptors (Lipinski definition) is 4. The first-order valence-corrected chi connectivity index (χ1v) is 6.62. The molecule has 0 amide bonds. The average molecular weight is 262 g/mol. The molecular formula is C13H11O4P. The summed E-state index contributed by atoms with van der Waals surface area (Å²) in [5.74, 6) is -0.662. The van der Waals surface area contributed by atoms with Crippen LogP contribution >= 0.6 is 8.03 Å². The molecule has 0 spiro atoms. The number of rotatable bonds is 4. The third-order valence-corrected chi connectivity index (χ3v) is 3.25. The minimum absolute atomic E-state index is 0.348. The van der Waals surface area contributed by atoms with Gasteiger partial charge in [-0.3, -0.25) is 9.45 Å². The van der Waals surface area contributed by atoms with E-state index in [9.17, 15) is 9.36 Å². The van der Waals surface area contributed by atoms with E-state index in [0.717, 1.165) is 0 Å². The summed E-state index contributed by atoms with van der Waals surface area (Å²) in [7, 11) is -2.56. The Hall–Kier alpha value is -1.90. The van der Waals surface area contributed by atoms with Crippen LogP contribution in [0.2, 0.25) is 0 Å². The van der Waals surface area contributed by atoms with E-state index in [1.165, 1.54) is 0 Å². The third kappa shape index (κ3) is 3.29. The molecule has 2 rings (SSSR count). The maximum Gasteiger partial charge on any atom is 0.373 e. The molecule has 0 saturated carbocycles. The van der Waals surface area contributed by atoms with Crippen LogP contribution in [0.5, 0.6) is 0 Å². The molecule has 0 aliphatic heterocycles. The summed E-state index contributed by atoms with van der Waals surface area (Å²) in [6, 6.07) is 16.9. The zero-order valence-electron chi connectivity index (χ0n) is 9.41. The smallest absolute Gasteiger partial charge is 0.287 e. The van der Waals surface area contributed by atoms with Crippen molar-refractivity contribution in [3.05, 3.63) is 66.2 Å². The third-order valence-electron chi connectivity index (χ3n) is 2.21. The van der Waals surface area contributed by atoms with Gasteiger partial charge in [0.05, 0.1) is 5.56 Å². The summed E-state index contributed by atoms with van der Waals surface area (Å²) in [5, 5.41) is 0.503. The lowest BCUT2D eigenvalue weighted by Crippen LogP contribution is -2.05. The molecule has 0 heterocycles. The Labute approximate surface area is 105 Å². The summed E-state index contributed by atoms with van der Waals surface area (Å²) in [5.41, 5.74) is 0.348. The monoisotopic (exact) mass is 262 g/mol. The molecule has 0 bridgehead atoms. The standard InChI is InChI=1S/C13H11O4P/c14-13(11-7-3-1-4-8-11)16-17-18(15)12-9-5-2-6-10-12/h1-10,18H. The molecule has 1 unspecified atom stereocenters. The van der Waals surface area contributed by atoms with E-state index < -0.39 is 14.0 Å². The van der Waals surface area contributed by atoms with Gasteiger partial charge in [-0.1, -0.05) is 36.4 Å². The normalized spacial score (nSPS) is 11.8. The van der Waals surface area contributed by atoms with Gasteiger partial charge in [0.15, 0.2) is 0 Å². The van der Waals surface area contributed by atoms with Gasteiger partial charge in [-0.2, -0.15) is 0 Å². The van der Waals surface area contributed by atoms with E-state index in [2.05, 4.69) is 9.56 Å². The molecule has 0 aliphatic carbocycles. The van der Waals surface area contributed by atoms with Crippen molar-refractivity contribution >= 4 is 19.3 Å². The molecule has 2 aromatic rings. The SMILES string of the molecule is O=C(OO[PH](=O)c1ccccc1)c1ccccc1. The second-order valence-corrected chi connectivity index (χ2v) is 4.79. The van der Waals surface area contributed by atoms with Crippen molar-refractivity contribution < 1.29 is 18.9 Å². The Balaban J connectivity index is 1.93. The van der Waals surface area contributed by atoms with Crippen LogP contribution in [0.15, 0.2) is 60.7 Å². The Kier molecular flexibility index (Phi) is 4.29. The molecule has 18 heavy (non-hydrogen) atoms. The summed E-state index contributed by atoms with van der Waals surface area (Å²) in [6.07, 6.45) is 0. The first kappa shape index (κ1) is 12.6. The lowest BCUT2D eigenvalue weighted by Gasteiger charge is -2.03. The van der Waals surface area contributed by atoms with Gasteiger partial charge in [0.1, 0.15) is 0 Å². The first-order valence-electron chi connectivity index (χ1n) is 5.30. The van der Waals surface area contributed by atoms with Crippen molar-refractivity contribution in [1.29, 1.82) is 0 Å². The van der Waals surface area contributed by atoms with Crippen molar-refractivity contribution in [3.8, 4) is 0 Å². The van der Waals surface area contributed by atoms with Gasteiger partial charge in [0, 0.05) is 5.30 Å². The average Bonchev–Trinajstić information content (AvgIpc) is 2.46. The zero-order chi connectivity index (χ0) is 12.8. The van der Waals surface area contributed by atoms with Crippen LogP contribution in [-0.2, 0) is 14.1 Å². The minimum Gasteiger partial charge on any atom is -0.287 e. The molecule has 92 valence electrons. The molecule has 5 heteroatoms. The summed E-state index contributed by atoms with van der Waals surface area (Å²) < 4.78 is 16.3. The van der Waals surface area contributed by atoms with Crippen LogP contribution in [0, 0.1) is 0 Å². The van der Waals surface area contributed by atoms with Crippen molar-refractivity contribution in [3.63, 3.8) is 0 Å². The number of hydrogen-bond donors (Lipinski definition) is 0. The van der Waals surface area contributed by atoms with Gasteiger partial charge in [-0.25, -0.2) is 4.79 Å². The molecular weight excluding hydrogens is 251 g/mol. The van der Waals surface area contributed by atoms with E-state index in [4.69, 9.17) is 0 Å². The lowest BCUT2D eigenvalue weighted by atomic mass is 10.2. The van der Waals surface area contributed by atoms with Crippen molar-refractivity contribution in [2.45, 2.75) is 0 Å². The highest BCUT2D eigenvalue weighted by atomic mass is 31.1. The fraction of sp³-hybridized carbons (Fsp3) is 0. The number of carbonyl (C=O) groups is 1. The molecule has 0 N–H and O–H groups in total. The molecule has 2 aromatic carbocycles. The Morgan fingerprint density at radius 2 is 1.44 bits per heavy atom. The zero-order valence-corrected chi connectivity index (χ0v) is 10.4. The van der Waals surface area contributed by atoms with E-state index in [-0.39, 0.29) is 0 Å².